The van der Waals surface area contributed by atoms with Gasteiger partial charge in [-0.1, -0.05) is 48.5 Å². The zero-order valence-corrected chi connectivity index (χ0v) is 16.0. The van der Waals surface area contributed by atoms with Crippen LogP contribution in [0.15, 0.2) is 72.8 Å². The summed E-state index contributed by atoms with van der Waals surface area (Å²) in [4.78, 5) is 4.72. The Morgan fingerprint density at radius 3 is 2.30 bits per heavy atom. The number of rotatable bonds is 5. The van der Waals surface area contributed by atoms with Gasteiger partial charge < -0.3 is 5.11 Å². The van der Waals surface area contributed by atoms with E-state index < -0.39 is 0 Å². The monoisotopic (exact) mass is 388 g/mol. The Labute approximate surface area is 165 Å². The molecule has 1 N–H and O–H groups in total. The third kappa shape index (κ3) is 3.82. The number of nitrogens with zero attached hydrogens (tertiary/aromatic N) is 2. The lowest BCUT2D eigenvalue weighted by Gasteiger charge is -2.16. The Hall–Kier alpha value is -2.81. The van der Waals surface area contributed by atoms with Crippen LogP contribution in [-0.2, 0) is 0 Å². The van der Waals surface area contributed by atoms with Crippen LogP contribution in [0.25, 0.3) is 20.8 Å². The molecule has 4 rings (SSSR count). The molecule has 0 amide bonds. The molecule has 0 aliphatic rings. The van der Waals surface area contributed by atoms with Crippen LogP contribution in [0.2, 0.25) is 0 Å². The van der Waals surface area contributed by atoms with Gasteiger partial charge in [-0.15, -0.1) is 11.3 Å². The van der Waals surface area contributed by atoms with Gasteiger partial charge in [0.25, 0.3) is 0 Å². The number of thioether (sulfide) groups is 1. The van der Waals surface area contributed by atoms with E-state index in [4.69, 9.17) is 10.2 Å². The summed E-state index contributed by atoms with van der Waals surface area (Å²) in [5.74, 6) is 1.01. The molecule has 0 saturated carbocycles. The largest absolute Gasteiger partial charge is 0.508 e. The van der Waals surface area contributed by atoms with Crippen molar-refractivity contribution < 1.29 is 5.11 Å². The van der Waals surface area contributed by atoms with Crippen LogP contribution in [0.5, 0.6) is 5.75 Å². The summed E-state index contributed by atoms with van der Waals surface area (Å²) < 4.78 is 1.18. The first-order chi connectivity index (χ1) is 13.2. The number of para-hydroxylation sites is 1. The number of fused-ring (bicyclic) bond motifs is 1. The Balaban J connectivity index is 1.65. The average molecular weight is 389 g/mol. The van der Waals surface area contributed by atoms with Crippen molar-refractivity contribution in [1.29, 1.82) is 5.26 Å². The molecule has 4 aromatic rings. The highest BCUT2D eigenvalue weighted by atomic mass is 32.2. The van der Waals surface area contributed by atoms with E-state index in [0.29, 0.717) is 5.75 Å². The molecule has 132 valence electrons. The van der Waals surface area contributed by atoms with Gasteiger partial charge in [-0.2, -0.15) is 5.26 Å². The van der Waals surface area contributed by atoms with E-state index in [1.165, 1.54) is 16.5 Å². The third-order valence-electron chi connectivity index (χ3n) is 4.46. The lowest BCUT2D eigenvalue weighted by Crippen LogP contribution is -2.03. The smallest absolute Gasteiger partial charge is 0.133 e. The van der Waals surface area contributed by atoms with E-state index in [-0.39, 0.29) is 11.7 Å². The quantitative estimate of drug-likeness (QED) is 0.425. The molecule has 0 radical (unpaired) electrons. The van der Waals surface area contributed by atoms with Gasteiger partial charge in [0.05, 0.1) is 10.2 Å². The number of hydrogen-bond acceptors (Lipinski definition) is 5. The first-order valence-corrected chi connectivity index (χ1v) is 10.3. The topological polar surface area (TPSA) is 56.9 Å². The van der Waals surface area contributed by atoms with E-state index in [1.54, 1.807) is 23.5 Å². The summed E-state index contributed by atoms with van der Waals surface area (Å²) in [7, 11) is 0. The standard InChI is InChI=1S/C22H16N2OS2/c23-14-26-13-19(16-9-11-18(25)12-10-16)15-5-7-17(8-6-15)22-24-20-3-1-2-4-21(20)27-22/h1-12,19,25H,13H2. The minimum absolute atomic E-state index is 0.0969. The lowest BCUT2D eigenvalue weighted by atomic mass is 9.92. The molecule has 0 spiro atoms. The molecule has 1 aromatic heterocycles. The molecule has 3 nitrogen and oxygen atoms in total. The molecule has 0 saturated heterocycles. The first kappa shape index (κ1) is 17.6. The van der Waals surface area contributed by atoms with Crippen LogP contribution in [0, 0.1) is 10.7 Å². The molecule has 0 aliphatic heterocycles. The van der Waals surface area contributed by atoms with Crippen LogP contribution < -0.4 is 0 Å². The fourth-order valence-corrected chi connectivity index (χ4v) is 4.66. The summed E-state index contributed by atoms with van der Waals surface area (Å²) in [6, 6.07) is 23.8. The summed E-state index contributed by atoms with van der Waals surface area (Å²) >= 11 is 2.94. The second kappa shape index (κ2) is 7.83. The Morgan fingerprint density at radius 2 is 1.63 bits per heavy atom. The van der Waals surface area contributed by atoms with Crippen LogP contribution in [-0.4, -0.2) is 15.8 Å². The lowest BCUT2D eigenvalue weighted by molar-refractivity contribution is 0.475. The number of phenolic OH excluding ortho intramolecular Hbond substituents is 1. The van der Waals surface area contributed by atoms with Crippen LogP contribution in [0.4, 0.5) is 0 Å². The van der Waals surface area contributed by atoms with Crippen LogP contribution in [0.3, 0.4) is 0 Å². The highest BCUT2D eigenvalue weighted by Crippen LogP contribution is 2.33. The number of benzene rings is 3. The minimum atomic E-state index is 0.0969. The zero-order chi connectivity index (χ0) is 18.6. The molecule has 1 atom stereocenters. The van der Waals surface area contributed by atoms with Gasteiger partial charge in [0, 0.05) is 17.2 Å². The van der Waals surface area contributed by atoms with Gasteiger partial charge in [-0.3, -0.25) is 0 Å². The number of nitriles is 1. The maximum absolute atomic E-state index is 9.54. The van der Waals surface area contributed by atoms with E-state index in [1.807, 2.05) is 30.3 Å². The van der Waals surface area contributed by atoms with Gasteiger partial charge in [0.2, 0.25) is 0 Å². The number of phenols is 1. The minimum Gasteiger partial charge on any atom is -0.508 e. The van der Waals surface area contributed by atoms with Crippen molar-refractivity contribution in [3.63, 3.8) is 0 Å². The van der Waals surface area contributed by atoms with Crippen LogP contribution >= 0.6 is 23.1 Å². The van der Waals surface area contributed by atoms with E-state index in [9.17, 15) is 5.11 Å². The number of thiocyanates is 1. The molecule has 27 heavy (non-hydrogen) atoms. The number of aromatic nitrogens is 1. The predicted octanol–water partition coefficient (Wildman–Crippen LogP) is 6.02. The van der Waals surface area contributed by atoms with Gasteiger partial charge in [-0.05, 0) is 47.2 Å². The highest BCUT2D eigenvalue weighted by molar-refractivity contribution is 8.03. The Kier molecular flexibility index (Phi) is 5.10. The highest BCUT2D eigenvalue weighted by Gasteiger charge is 2.15. The van der Waals surface area contributed by atoms with Crippen LogP contribution in [0.1, 0.15) is 17.0 Å². The zero-order valence-electron chi connectivity index (χ0n) is 14.4. The summed E-state index contributed by atoms with van der Waals surface area (Å²) in [6.45, 7) is 0. The molecule has 0 aliphatic carbocycles. The fourth-order valence-electron chi connectivity index (χ4n) is 3.07. The molecule has 0 fully saturated rings. The molecule has 3 aromatic carbocycles. The van der Waals surface area contributed by atoms with Crippen molar-refractivity contribution in [1.82, 2.24) is 4.98 Å². The average Bonchev–Trinajstić information content (AvgIpc) is 3.14. The molecule has 1 heterocycles. The van der Waals surface area contributed by atoms with Crippen molar-refractivity contribution >= 4 is 33.3 Å². The van der Waals surface area contributed by atoms with Gasteiger partial charge in [0.1, 0.15) is 16.2 Å². The van der Waals surface area contributed by atoms with Gasteiger partial charge in [-0.25, -0.2) is 4.98 Å². The maximum atomic E-state index is 9.54. The van der Waals surface area contributed by atoms with Crippen molar-refractivity contribution in [2.24, 2.45) is 0 Å². The van der Waals surface area contributed by atoms with Gasteiger partial charge in [0.15, 0.2) is 0 Å². The SMILES string of the molecule is N#CSCC(c1ccc(O)cc1)c1ccc(-c2nc3ccccc3s2)cc1. The first-order valence-electron chi connectivity index (χ1n) is 8.50. The number of thiazole rings is 1. The predicted molar refractivity (Wildman–Crippen MR) is 113 cm³/mol. The molecule has 5 heteroatoms. The van der Waals surface area contributed by atoms with Crippen molar-refractivity contribution in [2.45, 2.75) is 5.92 Å². The normalized spacial score (nSPS) is 12.0. The molecule has 1 unspecified atom stereocenters. The fraction of sp³-hybridized carbons (Fsp3) is 0.0909. The van der Waals surface area contributed by atoms with Crippen molar-refractivity contribution in [3.8, 4) is 21.7 Å². The Bertz CT molecular complexity index is 1060. The summed E-state index contributed by atoms with van der Waals surface area (Å²) in [6.07, 6.45) is 0. The number of hydrogen-bond donors (Lipinski definition) is 1. The van der Waals surface area contributed by atoms with E-state index >= 15 is 0 Å². The van der Waals surface area contributed by atoms with Crippen molar-refractivity contribution in [3.05, 3.63) is 83.9 Å². The second-order valence-corrected chi connectivity index (χ2v) is 7.99. The Morgan fingerprint density at radius 1 is 0.963 bits per heavy atom. The second-order valence-electron chi connectivity index (χ2n) is 6.16. The van der Waals surface area contributed by atoms with Crippen molar-refractivity contribution in [2.75, 3.05) is 5.75 Å². The maximum Gasteiger partial charge on any atom is 0.133 e. The third-order valence-corrected chi connectivity index (χ3v) is 6.18. The summed E-state index contributed by atoms with van der Waals surface area (Å²) in [5.41, 5.74) is 4.35. The molecular weight excluding hydrogens is 372 g/mol. The molecule has 0 bridgehead atoms. The molecular formula is C22H16N2OS2. The van der Waals surface area contributed by atoms with Gasteiger partial charge >= 0.3 is 0 Å². The number of aromatic hydroxyl groups is 1. The summed E-state index contributed by atoms with van der Waals surface area (Å²) in [5, 5.41) is 21.7. The van der Waals surface area contributed by atoms with E-state index in [2.05, 4.69) is 35.7 Å². The van der Waals surface area contributed by atoms with E-state index in [0.717, 1.165) is 27.2 Å².